The molecule has 116 valence electrons. The molecule has 0 bridgehead atoms. The Hall–Kier alpha value is -1.93. The summed E-state index contributed by atoms with van der Waals surface area (Å²) in [5.41, 5.74) is -0.297. The Labute approximate surface area is 123 Å². The Morgan fingerprint density at radius 1 is 1.24 bits per heavy atom. The zero-order valence-corrected chi connectivity index (χ0v) is 13.0. The Kier molecular flexibility index (Phi) is 4.75. The highest BCUT2D eigenvalue weighted by atomic mass is 32.2. The van der Waals surface area contributed by atoms with Crippen molar-refractivity contribution >= 4 is 27.6 Å². The van der Waals surface area contributed by atoms with E-state index in [4.69, 9.17) is 5.11 Å². The first-order valence-electron chi connectivity index (χ1n) is 6.07. The lowest BCUT2D eigenvalue weighted by Crippen LogP contribution is -2.51. The molecule has 21 heavy (non-hydrogen) atoms. The van der Waals surface area contributed by atoms with Crippen LogP contribution in [-0.4, -0.2) is 37.2 Å². The fraction of sp³-hybridized carbons (Fsp3) is 0.385. The van der Waals surface area contributed by atoms with E-state index in [2.05, 4.69) is 10.0 Å². The molecule has 0 atom stereocenters. The molecule has 0 saturated carbocycles. The van der Waals surface area contributed by atoms with Crippen LogP contribution in [0.1, 0.15) is 29.8 Å². The Morgan fingerprint density at radius 2 is 1.81 bits per heavy atom. The largest absolute Gasteiger partial charge is 0.478 e. The van der Waals surface area contributed by atoms with Crippen LogP contribution in [-0.2, 0) is 14.8 Å². The number of aromatic carboxylic acids is 1. The van der Waals surface area contributed by atoms with Gasteiger partial charge in [0.2, 0.25) is 15.9 Å². The first-order valence-corrected chi connectivity index (χ1v) is 7.96. The molecule has 3 N–H and O–H groups in total. The second-order valence-corrected chi connectivity index (χ2v) is 7.04. The predicted molar refractivity (Wildman–Crippen MR) is 78.8 cm³/mol. The van der Waals surface area contributed by atoms with E-state index in [9.17, 15) is 18.0 Å². The van der Waals surface area contributed by atoms with E-state index in [-0.39, 0.29) is 5.56 Å². The molecule has 1 rings (SSSR count). The minimum Gasteiger partial charge on any atom is -0.478 e. The predicted octanol–water partition coefficient (Wildman–Crippen LogP) is 0.960. The van der Waals surface area contributed by atoms with Crippen molar-refractivity contribution in [3.8, 4) is 0 Å². The molecule has 1 aromatic rings. The van der Waals surface area contributed by atoms with Gasteiger partial charge in [0.05, 0.1) is 11.8 Å². The number of benzene rings is 1. The first-order chi connectivity index (χ1) is 9.42. The quantitative estimate of drug-likeness (QED) is 0.749. The molecule has 0 heterocycles. The van der Waals surface area contributed by atoms with E-state index in [0.717, 1.165) is 6.26 Å². The Bertz CT molecular complexity index is 680. The monoisotopic (exact) mass is 314 g/mol. The van der Waals surface area contributed by atoms with Crippen molar-refractivity contribution in [2.45, 2.75) is 26.3 Å². The number of aryl methyl sites for hydroxylation is 1. The van der Waals surface area contributed by atoms with Gasteiger partial charge < -0.3 is 10.4 Å². The number of rotatable bonds is 5. The summed E-state index contributed by atoms with van der Waals surface area (Å²) >= 11 is 0. The van der Waals surface area contributed by atoms with Crippen LogP contribution in [0.4, 0.5) is 5.69 Å². The molecule has 0 aliphatic carbocycles. The van der Waals surface area contributed by atoms with Crippen LogP contribution >= 0.6 is 0 Å². The van der Waals surface area contributed by atoms with Gasteiger partial charge in [-0.3, -0.25) is 4.79 Å². The van der Waals surface area contributed by atoms with Gasteiger partial charge in [-0.15, -0.1) is 0 Å². The van der Waals surface area contributed by atoms with Gasteiger partial charge in [0.15, 0.2) is 0 Å². The third-order valence-electron chi connectivity index (χ3n) is 2.72. The topological polar surface area (TPSA) is 113 Å². The zero-order valence-electron chi connectivity index (χ0n) is 12.2. The van der Waals surface area contributed by atoms with Crippen molar-refractivity contribution in [3.63, 3.8) is 0 Å². The maximum atomic E-state index is 12.1. The Balaban J connectivity index is 2.93. The SMILES string of the molecule is Cc1cc(NC(=O)C(C)(C)NS(C)(=O)=O)ccc1C(=O)O. The number of nitrogens with one attached hydrogen (secondary N) is 2. The van der Waals surface area contributed by atoms with Crippen molar-refractivity contribution in [1.82, 2.24) is 4.72 Å². The van der Waals surface area contributed by atoms with Crippen LogP contribution in [0.25, 0.3) is 0 Å². The van der Waals surface area contributed by atoms with E-state index < -0.39 is 27.4 Å². The lowest BCUT2D eigenvalue weighted by molar-refractivity contribution is -0.120. The molecule has 1 aromatic carbocycles. The molecular formula is C13H18N2O5S. The molecule has 0 radical (unpaired) electrons. The molecule has 1 amide bonds. The van der Waals surface area contributed by atoms with Crippen molar-refractivity contribution in [3.05, 3.63) is 29.3 Å². The minimum absolute atomic E-state index is 0.140. The summed E-state index contributed by atoms with van der Waals surface area (Å²) in [6.07, 6.45) is 0.966. The van der Waals surface area contributed by atoms with Gasteiger partial charge in [0.25, 0.3) is 0 Å². The molecule has 0 unspecified atom stereocenters. The van der Waals surface area contributed by atoms with Crippen LogP contribution in [0.15, 0.2) is 18.2 Å². The van der Waals surface area contributed by atoms with Gasteiger partial charge >= 0.3 is 5.97 Å². The number of hydrogen-bond donors (Lipinski definition) is 3. The first kappa shape index (κ1) is 17.1. The molecular weight excluding hydrogens is 296 g/mol. The third kappa shape index (κ3) is 4.83. The lowest BCUT2D eigenvalue weighted by atomic mass is 10.1. The lowest BCUT2D eigenvalue weighted by Gasteiger charge is -2.24. The summed E-state index contributed by atoms with van der Waals surface area (Å²) in [7, 11) is -3.53. The average molecular weight is 314 g/mol. The summed E-state index contributed by atoms with van der Waals surface area (Å²) in [5.74, 6) is -1.60. The normalized spacial score (nSPS) is 12.0. The van der Waals surface area contributed by atoms with Gasteiger partial charge in [0.1, 0.15) is 5.54 Å². The van der Waals surface area contributed by atoms with Gasteiger partial charge in [-0.2, -0.15) is 0 Å². The van der Waals surface area contributed by atoms with E-state index in [0.29, 0.717) is 11.3 Å². The van der Waals surface area contributed by atoms with E-state index >= 15 is 0 Å². The van der Waals surface area contributed by atoms with E-state index in [1.54, 1.807) is 6.92 Å². The summed E-state index contributed by atoms with van der Waals surface area (Å²) < 4.78 is 24.7. The van der Waals surface area contributed by atoms with Gasteiger partial charge in [-0.05, 0) is 44.5 Å². The number of anilines is 1. The van der Waals surface area contributed by atoms with Crippen molar-refractivity contribution in [1.29, 1.82) is 0 Å². The van der Waals surface area contributed by atoms with Crippen LogP contribution in [0.5, 0.6) is 0 Å². The maximum absolute atomic E-state index is 12.1. The number of amides is 1. The number of carboxylic acid groups (broad SMARTS) is 1. The van der Waals surface area contributed by atoms with Gasteiger partial charge in [-0.1, -0.05) is 0 Å². The molecule has 0 aliphatic rings. The highest BCUT2D eigenvalue weighted by Crippen LogP contribution is 2.17. The highest BCUT2D eigenvalue weighted by molar-refractivity contribution is 7.88. The molecule has 0 saturated heterocycles. The minimum atomic E-state index is -3.53. The second-order valence-electron chi connectivity index (χ2n) is 5.29. The van der Waals surface area contributed by atoms with E-state index in [1.165, 1.54) is 32.0 Å². The highest BCUT2D eigenvalue weighted by Gasteiger charge is 2.30. The second kappa shape index (κ2) is 5.82. The number of hydrogen-bond acceptors (Lipinski definition) is 4. The number of sulfonamides is 1. The summed E-state index contributed by atoms with van der Waals surface area (Å²) in [6.45, 7) is 4.47. The van der Waals surface area contributed by atoms with Crippen LogP contribution < -0.4 is 10.0 Å². The summed E-state index contributed by atoms with van der Waals surface area (Å²) in [6, 6.07) is 4.34. The van der Waals surface area contributed by atoms with Crippen molar-refractivity contribution in [2.75, 3.05) is 11.6 Å². The van der Waals surface area contributed by atoms with Gasteiger partial charge in [0, 0.05) is 5.69 Å². The van der Waals surface area contributed by atoms with Crippen LogP contribution in [0.2, 0.25) is 0 Å². The zero-order chi connectivity index (χ0) is 16.4. The fourth-order valence-corrected chi connectivity index (χ4v) is 2.80. The maximum Gasteiger partial charge on any atom is 0.335 e. The summed E-state index contributed by atoms with van der Waals surface area (Å²) in [5, 5.41) is 11.5. The van der Waals surface area contributed by atoms with Crippen LogP contribution in [0.3, 0.4) is 0 Å². The van der Waals surface area contributed by atoms with E-state index in [1.807, 2.05) is 0 Å². The fourth-order valence-electron chi connectivity index (χ4n) is 1.78. The average Bonchev–Trinajstić information content (AvgIpc) is 2.24. The third-order valence-corrected chi connectivity index (χ3v) is 3.60. The number of carbonyl (C=O) groups excluding carboxylic acids is 1. The standard InChI is InChI=1S/C13H18N2O5S/c1-8-7-9(5-6-10(8)11(16)17)14-12(18)13(2,3)15-21(4,19)20/h5-7,15H,1-4H3,(H,14,18)(H,16,17). The number of carboxylic acids is 1. The van der Waals surface area contributed by atoms with Crippen molar-refractivity contribution < 1.29 is 23.1 Å². The Morgan fingerprint density at radius 3 is 2.24 bits per heavy atom. The summed E-state index contributed by atoms with van der Waals surface area (Å²) in [4.78, 5) is 23.0. The molecule has 7 nitrogen and oxygen atoms in total. The van der Waals surface area contributed by atoms with Gasteiger partial charge in [-0.25, -0.2) is 17.9 Å². The van der Waals surface area contributed by atoms with Crippen LogP contribution in [0, 0.1) is 6.92 Å². The molecule has 8 heteroatoms. The molecule has 0 spiro atoms. The van der Waals surface area contributed by atoms with Crippen molar-refractivity contribution in [2.24, 2.45) is 0 Å². The smallest absolute Gasteiger partial charge is 0.335 e. The number of carbonyl (C=O) groups is 2. The molecule has 0 aliphatic heterocycles. The molecule has 0 aromatic heterocycles. The molecule has 0 fully saturated rings.